The van der Waals surface area contributed by atoms with Gasteiger partial charge in [0.1, 0.15) is 6.54 Å². The maximum atomic E-state index is 13.5. The van der Waals surface area contributed by atoms with Crippen LogP contribution in [0.2, 0.25) is 5.02 Å². The molecule has 11 heteroatoms. The molecule has 0 bridgehead atoms. The highest BCUT2D eigenvalue weighted by Gasteiger charge is 2.14. The van der Waals surface area contributed by atoms with Gasteiger partial charge >= 0.3 is 5.76 Å². The minimum absolute atomic E-state index is 0.0253. The predicted molar refractivity (Wildman–Crippen MR) is 116 cm³/mol. The van der Waals surface area contributed by atoms with Crippen molar-refractivity contribution < 1.29 is 27.8 Å². The number of ether oxygens (including phenoxy) is 3. The van der Waals surface area contributed by atoms with E-state index in [1.54, 1.807) is 18.2 Å². The van der Waals surface area contributed by atoms with Crippen LogP contribution in [0.15, 0.2) is 39.5 Å². The van der Waals surface area contributed by atoms with E-state index in [1.165, 1.54) is 39.5 Å². The van der Waals surface area contributed by atoms with Crippen LogP contribution < -0.4 is 25.3 Å². The van der Waals surface area contributed by atoms with Gasteiger partial charge in [0.25, 0.3) is 0 Å². The van der Waals surface area contributed by atoms with E-state index in [0.717, 1.165) is 10.7 Å². The molecule has 0 aliphatic rings. The van der Waals surface area contributed by atoms with E-state index < -0.39 is 24.0 Å². The molecule has 0 radical (unpaired) electrons. The quantitative estimate of drug-likeness (QED) is 0.545. The van der Waals surface area contributed by atoms with Gasteiger partial charge in [-0.05, 0) is 35.9 Å². The number of halogens is 2. The van der Waals surface area contributed by atoms with Crippen molar-refractivity contribution in [3.63, 3.8) is 0 Å². The van der Waals surface area contributed by atoms with Gasteiger partial charge in [-0.1, -0.05) is 11.6 Å². The van der Waals surface area contributed by atoms with Gasteiger partial charge in [0.2, 0.25) is 11.8 Å². The zero-order valence-corrected chi connectivity index (χ0v) is 18.1. The largest absolute Gasteiger partial charge is 0.494 e. The molecule has 0 unspecified atom stereocenters. The van der Waals surface area contributed by atoms with Gasteiger partial charge in [-0.15, -0.1) is 5.10 Å². The third kappa shape index (κ3) is 5.09. The molecule has 1 heterocycles. The highest BCUT2D eigenvalue weighted by atomic mass is 35.5. The van der Waals surface area contributed by atoms with Crippen molar-refractivity contribution in [1.29, 1.82) is 0 Å². The van der Waals surface area contributed by atoms with Crippen LogP contribution in [0, 0.1) is 5.82 Å². The molecule has 0 spiro atoms. The Kier molecular flexibility index (Phi) is 7.16. The monoisotopic (exact) mass is 463 g/mol. The summed E-state index contributed by atoms with van der Waals surface area (Å²) in [5, 5.41) is 6.80. The average Bonchev–Trinajstić information content (AvgIpc) is 3.12. The number of anilines is 1. The lowest BCUT2D eigenvalue weighted by Gasteiger charge is -2.10. The maximum Gasteiger partial charge on any atom is 0.437 e. The van der Waals surface area contributed by atoms with E-state index >= 15 is 0 Å². The molecule has 9 nitrogen and oxygen atoms in total. The number of nitrogens with zero attached hydrogens (tertiary/aromatic N) is 2. The molecular weight excluding hydrogens is 445 g/mol. The molecule has 0 aliphatic heterocycles. The summed E-state index contributed by atoms with van der Waals surface area (Å²) in [7, 11) is 4.27. The highest BCUT2D eigenvalue weighted by Crippen LogP contribution is 2.37. The Morgan fingerprint density at radius 1 is 1.16 bits per heavy atom. The Bertz CT molecular complexity index is 1220. The molecule has 1 amide bonds. The van der Waals surface area contributed by atoms with Crippen molar-refractivity contribution in [3.8, 4) is 17.2 Å². The van der Waals surface area contributed by atoms with Crippen LogP contribution in [0.5, 0.6) is 17.2 Å². The fraction of sp³-hybridized carbons (Fsp3) is 0.190. The van der Waals surface area contributed by atoms with Crippen LogP contribution >= 0.6 is 11.6 Å². The first-order valence-corrected chi connectivity index (χ1v) is 9.54. The Morgan fingerprint density at radius 2 is 1.91 bits per heavy atom. The number of benzene rings is 2. The Labute approximate surface area is 187 Å². The van der Waals surface area contributed by atoms with E-state index in [4.69, 9.17) is 30.2 Å². The number of aromatic nitrogens is 2. The summed E-state index contributed by atoms with van der Waals surface area (Å²) < 4.78 is 34.7. The number of methoxy groups -OCH3 is 3. The molecule has 3 rings (SSSR count). The van der Waals surface area contributed by atoms with E-state index in [1.807, 2.05) is 0 Å². The molecule has 0 saturated carbocycles. The maximum absolute atomic E-state index is 13.5. The number of hydrogen-bond acceptors (Lipinski definition) is 7. The normalized spacial score (nSPS) is 10.9. The minimum Gasteiger partial charge on any atom is -0.494 e. The van der Waals surface area contributed by atoms with Crippen molar-refractivity contribution >= 4 is 35.3 Å². The topological polar surface area (TPSA) is 105 Å². The minimum atomic E-state index is -0.824. The van der Waals surface area contributed by atoms with E-state index in [0.29, 0.717) is 27.8 Å². The molecular formula is C21H19ClFN3O6. The lowest BCUT2D eigenvalue weighted by atomic mass is 10.2. The average molecular weight is 464 g/mol. The Morgan fingerprint density at radius 3 is 2.59 bits per heavy atom. The third-order valence-electron chi connectivity index (χ3n) is 4.27. The Balaban J connectivity index is 1.72. The SMILES string of the molecule is COc1cc(NC(=O)Cn2nc(C=Cc3ccc(OC)c(OC)c3Cl)oc2=O)ccc1F. The number of carbonyl (C=O) groups excluding carboxylic acids is 1. The first-order chi connectivity index (χ1) is 15.4. The van der Waals surface area contributed by atoms with E-state index in [-0.39, 0.29) is 11.6 Å². The van der Waals surface area contributed by atoms with Gasteiger partial charge in [-0.25, -0.2) is 9.18 Å². The number of rotatable bonds is 8. The standard InChI is InChI=1S/C21H19ClFN3O6/c1-29-15-8-4-12(19(22)20(15)31-3)5-9-18-25-26(21(28)32-18)11-17(27)24-13-6-7-14(23)16(10-13)30-2/h4-10H,11H2,1-3H3,(H,24,27). The second-order valence-corrected chi connectivity index (χ2v) is 6.68. The van der Waals surface area contributed by atoms with Crippen LogP contribution in [0.25, 0.3) is 12.2 Å². The van der Waals surface area contributed by atoms with Gasteiger partial charge in [-0.3, -0.25) is 4.79 Å². The van der Waals surface area contributed by atoms with Gasteiger partial charge in [0.05, 0.1) is 26.4 Å². The van der Waals surface area contributed by atoms with E-state index in [9.17, 15) is 14.0 Å². The summed E-state index contributed by atoms with van der Waals surface area (Å²) in [6.45, 7) is -0.410. The van der Waals surface area contributed by atoms with Crippen molar-refractivity contribution in [2.24, 2.45) is 0 Å². The molecule has 168 valence electrons. The molecule has 0 atom stereocenters. The molecule has 1 aromatic heterocycles. The van der Waals surface area contributed by atoms with Crippen LogP contribution in [-0.2, 0) is 11.3 Å². The summed E-state index contributed by atoms with van der Waals surface area (Å²) in [6.07, 6.45) is 3.00. The van der Waals surface area contributed by atoms with Gasteiger partial charge in [0, 0.05) is 17.8 Å². The number of carbonyl (C=O) groups is 1. The van der Waals surface area contributed by atoms with Crippen LogP contribution in [0.4, 0.5) is 10.1 Å². The first kappa shape index (κ1) is 22.9. The Hall–Kier alpha value is -3.79. The summed E-state index contributed by atoms with van der Waals surface area (Å²) in [5.41, 5.74) is 0.873. The molecule has 3 aromatic rings. The van der Waals surface area contributed by atoms with Crippen molar-refractivity contribution in [2.75, 3.05) is 26.6 Å². The lowest BCUT2D eigenvalue weighted by Crippen LogP contribution is -2.25. The molecule has 0 saturated heterocycles. The number of amides is 1. The van der Waals surface area contributed by atoms with Crippen molar-refractivity contribution in [3.05, 3.63) is 63.2 Å². The molecule has 0 fully saturated rings. The second kappa shape index (κ2) is 10.0. The van der Waals surface area contributed by atoms with Crippen LogP contribution in [0.3, 0.4) is 0 Å². The first-order valence-electron chi connectivity index (χ1n) is 9.16. The van der Waals surface area contributed by atoms with Crippen LogP contribution in [0.1, 0.15) is 11.5 Å². The number of hydrogen-bond donors (Lipinski definition) is 1. The molecule has 0 aliphatic carbocycles. The zero-order chi connectivity index (χ0) is 23.3. The fourth-order valence-electron chi connectivity index (χ4n) is 2.76. The summed E-state index contributed by atoms with van der Waals surface area (Å²) >= 11 is 6.31. The summed E-state index contributed by atoms with van der Waals surface area (Å²) in [6, 6.07) is 7.20. The fourth-order valence-corrected chi connectivity index (χ4v) is 3.05. The van der Waals surface area contributed by atoms with Crippen molar-refractivity contribution in [1.82, 2.24) is 9.78 Å². The van der Waals surface area contributed by atoms with Gasteiger partial charge in [-0.2, -0.15) is 4.68 Å². The van der Waals surface area contributed by atoms with E-state index in [2.05, 4.69) is 10.4 Å². The lowest BCUT2D eigenvalue weighted by molar-refractivity contribution is -0.117. The third-order valence-corrected chi connectivity index (χ3v) is 4.66. The van der Waals surface area contributed by atoms with Gasteiger partial charge < -0.3 is 23.9 Å². The predicted octanol–water partition coefficient (Wildman–Crippen LogP) is 3.46. The van der Waals surface area contributed by atoms with Crippen molar-refractivity contribution in [2.45, 2.75) is 6.54 Å². The molecule has 2 aromatic carbocycles. The van der Waals surface area contributed by atoms with Gasteiger partial charge in [0.15, 0.2) is 23.1 Å². The number of nitrogens with one attached hydrogen (secondary N) is 1. The summed E-state index contributed by atoms with van der Waals surface area (Å²) in [4.78, 5) is 24.3. The highest BCUT2D eigenvalue weighted by molar-refractivity contribution is 6.34. The zero-order valence-electron chi connectivity index (χ0n) is 17.3. The summed E-state index contributed by atoms with van der Waals surface area (Å²) in [5.74, 6) is -1.18. The smallest absolute Gasteiger partial charge is 0.437 e. The molecule has 1 N–H and O–H groups in total. The van der Waals surface area contributed by atoms with Crippen LogP contribution in [-0.4, -0.2) is 37.0 Å². The molecule has 32 heavy (non-hydrogen) atoms. The second-order valence-electron chi connectivity index (χ2n) is 6.30.